The molecular weight excluding hydrogens is 513 g/mol. The van der Waals surface area contributed by atoms with Crippen molar-refractivity contribution in [2.45, 2.75) is 87.3 Å². The Kier molecular flexibility index (Phi) is 6.66. The molecule has 0 bridgehead atoms. The number of fused-ring (bicyclic) bond motifs is 2. The molecule has 1 spiro atoms. The van der Waals surface area contributed by atoms with Crippen molar-refractivity contribution in [3.05, 3.63) is 63.6 Å². The van der Waals surface area contributed by atoms with Crippen LogP contribution in [0, 0.1) is 11.3 Å². The van der Waals surface area contributed by atoms with Crippen LogP contribution in [0.4, 0.5) is 0 Å². The number of ketones is 1. The standard InChI is InChI=1S/C29H33Cl2NO3S/c1-27(2,3)15-23-29(20-9-8-19(31)12-22(20)36-26(29)34)24(17-6-5-7-18(30)11-17)25(32-23)21(33)10-16-13-28(4,35)14-16/h5-9,11-12,16,23-25,32,35H,10,13-15H2,1-4H3/t16?,23-,24+,25+,28?,29+/m1/s1. The molecule has 192 valence electrons. The highest BCUT2D eigenvalue weighted by atomic mass is 35.5. The van der Waals surface area contributed by atoms with Crippen LogP contribution in [0.25, 0.3) is 0 Å². The number of nitrogens with one attached hydrogen (secondary N) is 1. The number of carbonyl (C=O) groups is 2. The number of aliphatic hydroxyl groups is 1. The maximum Gasteiger partial charge on any atom is 0.206 e. The lowest BCUT2D eigenvalue weighted by atomic mass is 9.62. The van der Waals surface area contributed by atoms with Gasteiger partial charge in [0.25, 0.3) is 0 Å². The smallest absolute Gasteiger partial charge is 0.206 e. The van der Waals surface area contributed by atoms with Crippen LogP contribution >= 0.6 is 35.0 Å². The number of rotatable bonds is 5. The fraction of sp³-hybridized carbons (Fsp3) is 0.517. The van der Waals surface area contributed by atoms with Crippen LogP contribution < -0.4 is 5.32 Å². The van der Waals surface area contributed by atoms with Crippen molar-refractivity contribution in [3.63, 3.8) is 0 Å². The summed E-state index contributed by atoms with van der Waals surface area (Å²) < 4.78 is 0. The minimum atomic E-state index is -0.923. The van der Waals surface area contributed by atoms with Crippen LogP contribution in [0.1, 0.15) is 70.4 Å². The summed E-state index contributed by atoms with van der Waals surface area (Å²) in [5, 5.41) is 15.1. The number of hydrogen-bond acceptors (Lipinski definition) is 5. The van der Waals surface area contributed by atoms with E-state index in [0.717, 1.165) is 22.4 Å². The van der Waals surface area contributed by atoms with Crippen molar-refractivity contribution in [2.75, 3.05) is 0 Å². The van der Waals surface area contributed by atoms with Crippen LogP contribution in [0.15, 0.2) is 47.4 Å². The van der Waals surface area contributed by atoms with Crippen molar-refractivity contribution in [1.29, 1.82) is 0 Å². The topological polar surface area (TPSA) is 66.4 Å². The van der Waals surface area contributed by atoms with E-state index in [0.29, 0.717) is 29.3 Å². The van der Waals surface area contributed by atoms with Gasteiger partial charge >= 0.3 is 0 Å². The molecule has 36 heavy (non-hydrogen) atoms. The average molecular weight is 547 g/mol. The number of hydrogen-bond donors (Lipinski definition) is 2. The lowest BCUT2D eigenvalue weighted by molar-refractivity contribution is -0.126. The predicted octanol–water partition coefficient (Wildman–Crippen LogP) is 6.54. The molecule has 7 heteroatoms. The molecule has 0 amide bonds. The summed E-state index contributed by atoms with van der Waals surface area (Å²) in [5.74, 6) is -0.151. The first kappa shape index (κ1) is 26.2. The second-order valence-electron chi connectivity index (χ2n) is 12.3. The van der Waals surface area contributed by atoms with Gasteiger partial charge in [-0.1, -0.05) is 73.9 Å². The Bertz CT molecular complexity index is 1220. The number of thioether (sulfide) groups is 1. The van der Waals surface area contributed by atoms with Crippen molar-refractivity contribution < 1.29 is 14.7 Å². The number of Topliss-reactive ketones (excluding diaryl/α,β-unsaturated/α-hetero) is 1. The molecule has 4 atom stereocenters. The molecule has 5 rings (SSSR count). The quantitative estimate of drug-likeness (QED) is 0.446. The Balaban J connectivity index is 1.66. The molecule has 0 aromatic heterocycles. The maximum absolute atomic E-state index is 14.2. The molecule has 2 fully saturated rings. The van der Waals surface area contributed by atoms with Crippen LogP contribution in [0.2, 0.25) is 10.0 Å². The largest absolute Gasteiger partial charge is 0.390 e. The lowest BCUT2D eigenvalue weighted by Crippen LogP contribution is -2.47. The van der Waals surface area contributed by atoms with Crippen LogP contribution in [0.3, 0.4) is 0 Å². The summed E-state index contributed by atoms with van der Waals surface area (Å²) in [5.41, 5.74) is 0.146. The van der Waals surface area contributed by atoms with E-state index in [1.54, 1.807) is 0 Å². The van der Waals surface area contributed by atoms with Gasteiger partial charge in [-0.25, -0.2) is 0 Å². The molecule has 3 aliphatic rings. The molecule has 2 N–H and O–H groups in total. The van der Waals surface area contributed by atoms with E-state index in [2.05, 4.69) is 26.1 Å². The molecule has 2 aromatic carbocycles. The Labute approximate surface area is 227 Å². The number of carbonyl (C=O) groups excluding carboxylic acids is 2. The van der Waals surface area contributed by atoms with Gasteiger partial charge in [0.1, 0.15) is 0 Å². The minimum Gasteiger partial charge on any atom is -0.390 e. The Morgan fingerprint density at radius 3 is 2.47 bits per heavy atom. The average Bonchev–Trinajstić information content (AvgIpc) is 3.21. The first-order valence-corrected chi connectivity index (χ1v) is 14.2. The van der Waals surface area contributed by atoms with Crippen molar-refractivity contribution in [2.24, 2.45) is 11.3 Å². The van der Waals surface area contributed by atoms with E-state index >= 15 is 0 Å². The molecule has 2 heterocycles. The van der Waals surface area contributed by atoms with Gasteiger partial charge in [0, 0.05) is 33.3 Å². The van der Waals surface area contributed by atoms with Gasteiger partial charge in [0.15, 0.2) is 5.78 Å². The second kappa shape index (κ2) is 9.13. The van der Waals surface area contributed by atoms with Crippen LogP contribution in [-0.2, 0) is 15.0 Å². The minimum absolute atomic E-state index is 0.0494. The Hall–Kier alpha value is -1.37. The molecule has 1 aliphatic carbocycles. The molecule has 1 saturated heterocycles. The Morgan fingerprint density at radius 2 is 1.83 bits per heavy atom. The molecule has 2 aromatic rings. The lowest BCUT2D eigenvalue weighted by Gasteiger charge is -2.41. The number of benzene rings is 2. The summed E-state index contributed by atoms with van der Waals surface area (Å²) in [7, 11) is 0. The first-order chi connectivity index (χ1) is 16.8. The highest BCUT2D eigenvalue weighted by Gasteiger charge is 2.65. The van der Waals surface area contributed by atoms with E-state index in [4.69, 9.17) is 23.2 Å². The molecule has 2 aliphatic heterocycles. The summed E-state index contributed by atoms with van der Waals surface area (Å²) in [6.07, 6.45) is 2.36. The fourth-order valence-corrected chi connectivity index (χ4v) is 8.49. The fourth-order valence-electron chi connectivity index (χ4n) is 6.77. The zero-order chi connectivity index (χ0) is 26.0. The zero-order valence-corrected chi connectivity index (χ0v) is 23.4. The van der Waals surface area contributed by atoms with E-state index in [1.165, 1.54) is 11.8 Å². The number of halogens is 2. The molecule has 4 nitrogen and oxygen atoms in total. The highest BCUT2D eigenvalue weighted by Crippen LogP contribution is 2.60. The van der Waals surface area contributed by atoms with Gasteiger partial charge in [0.05, 0.1) is 17.1 Å². The van der Waals surface area contributed by atoms with Gasteiger partial charge in [-0.3, -0.25) is 9.59 Å². The van der Waals surface area contributed by atoms with Crippen LogP contribution in [-0.4, -0.2) is 33.7 Å². The maximum atomic E-state index is 14.2. The van der Waals surface area contributed by atoms with E-state index in [1.807, 2.05) is 49.4 Å². The highest BCUT2D eigenvalue weighted by molar-refractivity contribution is 8.14. The summed E-state index contributed by atoms with van der Waals surface area (Å²) in [4.78, 5) is 29.0. The van der Waals surface area contributed by atoms with Gasteiger partial charge in [-0.15, -0.1) is 0 Å². The SMILES string of the molecule is CC(C)(C)C[C@H]1N[C@@H](C(=O)CC2CC(C)(O)C2)[C@H](c2cccc(Cl)c2)[C@@]12C(=O)Sc1cc(Cl)ccc12. The Morgan fingerprint density at radius 1 is 1.14 bits per heavy atom. The van der Waals surface area contributed by atoms with Crippen molar-refractivity contribution >= 4 is 45.9 Å². The van der Waals surface area contributed by atoms with E-state index in [-0.39, 0.29) is 28.3 Å². The predicted molar refractivity (Wildman–Crippen MR) is 146 cm³/mol. The molecule has 1 saturated carbocycles. The normalized spacial score (nSPS) is 33.6. The van der Waals surface area contributed by atoms with Gasteiger partial charge in [-0.2, -0.15) is 0 Å². The van der Waals surface area contributed by atoms with Crippen molar-refractivity contribution in [3.8, 4) is 0 Å². The molecule has 0 unspecified atom stereocenters. The third-order valence-corrected chi connectivity index (χ3v) is 9.55. The summed E-state index contributed by atoms with van der Waals surface area (Å²) >= 11 is 14.0. The molecular formula is C29H33Cl2NO3S. The van der Waals surface area contributed by atoms with Crippen LogP contribution in [0.5, 0.6) is 0 Å². The third-order valence-electron chi connectivity index (χ3n) is 8.00. The zero-order valence-electron chi connectivity index (χ0n) is 21.1. The third kappa shape index (κ3) is 4.56. The first-order valence-electron chi connectivity index (χ1n) is 12.6. The van der Waals surface area contributed by atoms with Gasteiger partial charge in [0.2, 0.25) is 5.12 Å². The molecule has 0 radical (unpaired) electrons. The summed E-state index contributed by atoms with van der Waals surface area (Å²) in [6.45, 7) is 8.31. The summed E-state index contributed by atoms with van der Waals surface area (Å²) in [6, 6.07) is 12.5. The van der Waals surface area contributed by atoms with E-state index < -0.39 is 23.0 Å². The van der Waals surface area contributed by atoms with E-state index in [9.17, 15) is 14.7 Å². The monoisotopic (exact) mass is 545 g/mol. The van der Waals surface area contributed by atoms with Gasteiger partial charge < -0.3 is 10.4 Å². The second-order valence-corrected chi connectivity index (χ2v) is 14.2. The van der Waals surface area contributed by atoms with Gasteiger partial charge in [-0.05, 0) is 72.9 Å². The van der Waals surface area contributed by atoms with Crippen molar-refractivity contribution in [1.82, 2.24) is 5.32 Å².